The molecule has 0 spiro atoms. The van der Waals surface area contributed by atoms with Crippen molar-refractivity contribution in [3.05, 3.63) is 29.6 Å². The molecule has 4 nitrogen and oxygen atoms in total. The molecule has 4 heteroatoms. The second-order valence-electron chi connectivity index (χ2n) is 3.01. The minimum absolute atomic E-state index is 0.0853. The first-order valence-corrected chi connectivity index (χ1v) is 3.99. The molecule has 0 saturated heterocycles. The maximum Gasteiger partial charge on any atom is 0.356 e. The number of carbonyl (C=O) groups is 1. The smallest absolute Gasteiger partial charge is 0.356 e. The van der Waals surface area contributed by atoms with Gasteiger partial charge in [-0.05, 0) is 19.9 Å². The van der Waals surface area contributed by atoms with E-state index in [0.29, 0.717) is 6.54 Å². The van der Waals surface area contributed by atoms with Gasteiger partial charge in [-0.25, -0.2) is 4.79 Å². The van der Waals surface area contributed by atoms with E-state index in [-0.39, 0.29) is 5.69 Å². The Kier molecular flexibility index (Phi) is 2.84. The first-order chi connectivity index (χ1) is 6.09. The zero-order valence-corrected chi connectivity index (χ0v) is 7.69. The fourth-order valence-corrected chi connectivity index (χ4v) is 0.854. The third-order valence-electron chi connectivity index (χ3n) is 1.55. The summed E-state index contributed by atoms with van der Waals surface area (Å²) in [5.74, 6) is -0.990. The molecule has 0 saturated carbocycles. The summed E-state index contributed by atoms with van der Waals surface area (Å²) in [4.78, 5) is 10.5. The molecule has 1 heterocycles. The van der Waals surface area contributed by atoms with Crippen LogP contribution in [-0.2, 0) is 6.54 Å². The lowest BCUT2D eigenvalue weighted by Gasteiger charge is -1.94. The van der Waals surface area contributed by atoms with Crippen molar-refractivity contribution in [2.75, 3.05) is 0 Å². The summed E-state index contributed by atoms with van der Waals surface area (Å²) in [5.41, 5.74) is 1.27. The summed E-state index contributed by atoms with van der Waals surface area (Å²) in [6.07, 6.45) is 3.64. The lowest BCUT2D eigenvalue weighted by molar-refractivity contribution is 0.0689. The second-order valence-corrected chi connectivity index (χ2v) is 3.01. The number of carboxylic acids is 1. The van der Waals surface area contributed by atoms with E-state index >= 15 is 0 Å². The Morgan fingerprint density at radius 3 is 2.85 bits per heavy atom. The van der Waals surface area contributed by atoms with Gasteiger partial charge in [0.25, 0.3) is 0 Å². The average molecular weight is 180 g/mol. The Hall–Kier alpha value is -1.58. The quantitative estimate of drug-likeness (QED) is 0.718. The highest BCUT2D eigenvalue weighted by Crippen LogP contribution is 1.97. The van der Waals surface area contributed by atoms with Crippen molar-refractivity contribution >= 4 is 5.97 Å². The molecule has 1 aromatic heterocycles. The van der Waals surface area contributed by atoms with Gasteiger partial charge < -0.3 is 5.11 Å². The molecule has 70 valence electrons. The Morgan fingerprint density at radius 2 is 2.38 bits per heavy atom. The SMILES string of the molecule is CC(C)=CCn1ccc(C(=O)O)n1. The maximum atomic E-state index is 10.5. The van der Waals surface area contributed by atoms with E-state index in [9.17, 15) is 4.79 Å². The van der Waals surface area contributed by atoms with Crippen molar-refractivity contribution < 1.29 is 9.90 Å². The first-order valence-electron chi connectivity index (χ1n) is 3.99. The molecule has 0 aliphatic carbocycles. The summed E-state index contributed by atoms with van der Waals surface area (Å²) < 4.78 is 1.59. The summed E-state index contributed by atoms with van der Waals surface area (Å²) >= 11 is 0. The van der Waals surface area contributed by atoms with Crippen LogP contribution in [0, 0.1) is 0 Å². The highest BCUT2D eigenvalue weighted by Gasteiger charge is 2.04. The minimum atomic E-state index is -0.990. The van der Waals surface area contributed by atoms with Crippen LogP contribution in [0.3, 0.4) is 0 Å². The molecule has 13 heavy (non-hydrogen) atoms. The number of rotatable bonds is 3. The van der Waals surface area contributed by atoms with Gasteiger partial charge in [0.2, 0.25) is 0 Å². The van der Waals surface area contributed by atoms with Gasteiger partial charge in [0, 0.05) is 6.20 Å². The van der Waals surface area contributed by atoms with Crippen LogP contribution in [-0.4, -0.2) is 20.9 Å². The van der Waals surface area contributed by atoms with Gasteiger partial charge in [0.15, 0.2) is 5.69 Å². The van der Waals surface area contributed by atoms with Crippen molar-refractivity contribution in [3.63, 3.8) is 0 Å². The predicted octanol–water partition coefficient (Wildman–Crippen LogP) is 1.55. The number of aromatic nitrogens is 2. The van der Waals surface area contributed by atoms with Crippen LogP contribution in [0.15, 0.2) is 23.9 Å². The molecular weight excluding hydrogens is 168 g/mol. The topological polar surface area (TPSA) is 55.1 Å². The third kappa shape index (κ3) is 2.74. The van der Waals surface area contributed by atoms with Crippen LogP contribution in [0.25, 0.3) is 0 Å². The Balaban J connectivity index is 2.70. The number of hydrogen-bond acceptors (Lipinski definition) is 2. The van der Waals surface area contributed by atoms with Crippen LogP contribution in [0.4, 0.5) is 0 Å². The van der Waals surface area contributed by atoms with Crippen LogP contribution in [0.5, 0.6) is 0 Å². The summed E-state index contributed by atoms with van der Waals surface area (Å²) in [6.45, 7) is 4.60. The lowest BCUT2D eigenvalue weighted by atomic mass is 10.3. The van der Waals surface area contributed by atoms with E-state index in [1.54, 1.807) is 10.9 Å². The van der Waals surface area contributed by atoms with Gasteiger partial charge in [0.1, 0.15) is 0 Å². The van der Waals surface area contributed by atoms with Gasteiger partial charge in [-0.3, -0.25) is 4.68 Å². The standard InChI is InChI=1S/C9H12N2O2/c1-7(2)3-5-11-6-4-8(10-11)9(12)13/h3-4,6H,5H2,1-2H3,(H,12,13). The molecule has 0 bridgehead atoms. The normalized spacial score (nSPS) is 9.69. The van der Waals surface area contributed by atoms with E-state index in [1.807, 2.05) is 19.9 Å². The zero-order valence-electron chi connectivity index (χ0n) is 7.69. The third-order valence-corrected chi connectivity index (χ3v) is 1.55. The van der Waals surface area contributed by atoms with Gasteiger partial charge >= 0.3 is 5.97 Å². The molecular formula is C9H12N2O2. The molecule has 0 amide bonds. The average Bonchev–Trinajstić information content (AvgIpc) is 2.48. The monoisotopic (exact) mass is 180 g/mol. The molecule has 0 radical (unpaired) electrons. The molecule has 1 aromatic rings. The highest BCUT2D eigenvalue weighted by molar-refractivity contribution is 5.84. The van der Waals surface area contributed by atoms with Crippen molar-refractivity contribution in [3.8, 4) is 0 Å². The number of nitrogens with zero attached hydrogens (tertiary/aromatic N) is 2. The Bertz CT molecular complexity index is 335. The van der Waals surface area contributed by atoms with Crippen LogP contribution in [0.2, 0.25) is 0 Å². The largest absolute Gasteiger partial charge is 0.476 e. The maximum absolute atomic E-state index is 10.5. The molecule has 0 atom stereocenters. The van der Waals surface area contributed by atoms with E-state index in [2.05, 4.69) is 5.10 Å². The van der Waals surface area contributed by atoms with Crippen LogP contribution >= 0.6 is 0 Å². The number of allylic oxidation sites excluding steroid dienone is 2. The molecule has 0 unspecified atom stereocenters. The van der Waals surface area contributed by atoms with Crippen molar-refractivity contribution in [2.24, 2.45) is 0 Å². The molecule has 0 aliphatic heterocycles. The Labute approximate surface area is 76.5 Å². The zero-order chi connectivity index (χ0) is 9.84. The minimum Gasteiger partial charge on any atom is -0.476 e. The number of aromatic carboxylic acids is 1. The van der Waals surface area contributed by atoms with E-state index in [0.717, 1.165) is 0 Å². The van der Waals surface area contributed by atoms with Crippen LogP contribution < -0.4 is 0 Å². The highest BCUT2D eigenvalue weighted by atomic mass is 16.4. The molecule has 0 fully saturated rings. The van der Waals surface area contributed by atoms with E-state index < -0.39 is 5.97 Å². The first kappa shape index (κ1) is 9.51. The fourth-order valence-electron chi connectivity index (χ4n) is 0.854. The molecule has 1 rings (SSSR count). The summed E-state index contributed by atoms with van der Waals surface area (Å²) in [5, 5.41) is 12.4. The van der Waals surface area contributed by atoms with E-state index in [1.165, 1.54) is 11.6 Å². The Morgan fingerprint density at radius 1 is 1.69 bits per heavy atom. The van der Waals surface area contributed by atoms with Crippen molar-refractivity contribution in [2.45, 2.75) is 20.4 Å². The van der Waals surface area contributed by atoms with Gasteiger partial charge in [-0.1, -0.05) is 11.6 Å². The lowest BCUT2D eigenvalue weighted by Crippen LogP contribution is -2.01. The number of hydrogen-bond donors (Lipinski definition) is 1. The van der Waals surface area contributed by atoms with Crippen molar-refractivity contribution in [1.82, 2.24) is 9.78 Å². The number of carboxylic acid groups (broad SMARTS) is 1. The second kappa shape index (κ2) is 3.89. The predicted molar refractivity (Wildman–Crippen MR) is 48.6 cm³/mol. The molecule has 0 aromatic carbocycles. The summed E-state index contributed by atoms with van der Waals surface area (Å²) in [7, 11) is 0. The van der Waals surface area contributed by atoms with Gasteiger partial charge in [0.05, 0.1) is 6.54 Å². The van der Waals surface area contributed by atoms with Crippen LogP contribution in [0.1, 0.15) is 24.3 Å². The summed E-state index contributed by atoms with van der Waals surface area (Å²) in [6, 6.07) is 1.49. The van der Waals surface area contributed by atoms with Crippen molar-refractivity contribution in [1.29, 1.82) is 0 Å². The molecule has 1 N–H and O–H groups in total. The van der Waals surface area contributed by atoms with E-state index in [4.69, 9.17) is 5.11 Å². The molecule has 0 aliphatic rings. The van der Waals surface area contributed by atoms with Gasteiger partial charge in [-0.15, -0.1) is 0 Å². The fraction of sp³-hybridized carbons (Fsp3) is 0.333. The van der Waals surface area contributed by atoms with Gasteiger partial charge in [-0.2, -0.15) is 5.10 Å².